The highest BCUT2D eigenvalue weighted by molar-refractivity contribution is 5.86. The molecule has 1 heteroatoms. The number of benzene rings is 3. The Bertz CT molecular complexity index is 1030. The monoisotopic (exact) mass is 337 g/mol. The summed E-state index contributed by atoms with van der Waals surface area (Å²) in [4.78, 5) is 0. The van der Waals surface area contributed by atoms with Crippen molar-refractivity contribution in [2.24, 2.45) is 0 Å². The highest BCUT2D eigenvalue weighted by atomic mass is 15.0. The molecule has 26 heavy (non-hydrogen) atoms. The molecule has 3 aromatic carbocycles. The molecule has 0 fully saturated rings. The fraction of sp³-hybridized carbons (Fsp3) is 0.200. The molecule has 0 spiro atoms. The van der Waals surface area contributed by atoms with Gasteiger partial charge < -0.3 is 4.57 Å². The van der Waals surface area contributed by atoms with E-state index in [1.807, 2.05) is 0 Å². The maximum Gasteiger partial charge on any atom is 0.0488 e. The zero-order valence-corrected chi connectivity index (χ0v) is 14.9. The molecule has 1 nitrogen and oxygen atoms in total. The molecule has 0 amide bonds. The quantitative estimate of drug-likeness (QED) is 0.434. The number of para-hydroxylation sites is 1. The van der Waals surface area contributed by atoms with E-state index in [2.05, 4.69) is 89.5 Å². The summed E-state index contributed by atoms with van der Waals surface area (Å²) in [7, 11) is 0. The molecule has 128 valence electrons. The van der Waals surface area contributed by atoms with Gasteiger partial charge in [0.25, 0.3) is 0 Å². The van der Waals surface area contributed by atoms with Gasteiger partial charge >= 0.3 is 0 Å². The van der Waals surface area contributed by atoms with Crippen molar-refractivity contribution < 1.29 is 0 Å². The van der Waals surface area contributed by atoms with Crippen LogP contribution in [0.2, 0.25) is 0 Å². The zero-order chi connectivity index (χ0) is 17.3. The predicted molar refractivity (Wildman–Crippen MR) is 109 cm³/mol. The number of hydrogen-bond acceptors (Lipinski definition) is 0. The van der Waals surface area contributed by atoms with Gasteiger partial charge in [0.15, 0.2) is 0 Å². The van der Waals surface area contributed by atoms with E-state index in [1.54, 1.807) is 11.3 Å². The summed E-state index contributed by atoms with van der Waals surface area (Å²) in [6.07, 6.45) is 3.56. The molecule has 0 saturated carbocycles. The van der Waals surface area contributed by atoms with Crippen LogP contribution in [-0.2, 0) is 19.4 Å². The van der Waals surface area contributed by atoms with Crippen molar-refractivity contribution in [2.45, 2.75) is 31.7 Å². The van der Waals surface area contributed by atoms with Gasteiger partial charge in [-0.2, -0.15) is 0 Å². The Morgan fingerprint density at radius 3 is 2.27 bits per heavy atom. The van der Waals surface area contributed by atoms with Crippen molar-refractivity contribution in [1.82, 2.24) is 4.57 Å². The Morgan fingerprint density at radius 2 is 1.46 bits per heavy atom. The number of aromatic nitrogens is 1. The number of hydrogen-bond donors (Lipinski definition) is 0. The van der Waals surface area contributed by atoms with Crippen molar-refractivity contribution in [3.63, 3.8) is 0 Å². The van der Waals surface area contributed by atoms with E-state index >= 15 is 0 Å². The summed E-state index contributed by atoms with van der Waals surface area (Å²) >= 11 is 0. The Kier molecular flexibility index (Phi) is 3.86. The fourth-order valence-corrected chi connectivity index (χ4v) is 4.56. The number of nitrogens with zero attached hydrogens (tertiary/aromatic N) is 1. The molecule has 1 heterocycles. The number of rotatable bonds is 3. The zero-order valence-electron chi connectivity index (χ0n) is 14.9. The number of fused-ring (bicyclic) bond motifs is 3. The first-order valence-electron chi connectivity index (χ1n) is 9.58. The first-order valence-corrected chi connectivity index (χ1v) is 9.58. The first kappa shape index (κ1) is 15.5. The van der Waals surface area contributed by atoms with Crippen LogP contribution in [0.1, 0.15) is 34.7 Å². The summed E-state index contributed by atoms with van der Waals surface area (Å²) < 4.78 is 2.56. The van der Waals surface area contributed by atoms with E-state index in [4.69, 9.17) is 0 Å². The normalized spacial score (nSPS) is 16.5. The van der Waals surface area contributed by atoms with Gasteiger partial charge in [0, 0.05) is 23.1 Å². The van der Waals surface area contributed by atoms with Crippen LogP contribution in [-0.4, -0.2) is 4.57 Å². The molecule has 0 aliphatic heterocycles. The topological polar surface area (TPSA) is 4.93 Å². The van der Waals surface area contributed by atoms with Crippen molar-refractivity contribution >= 4 is 10.9 Å². The van der Waals surface area contributed by atoms with E-state index in [-0.39, 0.29) is 0 Å². The Morgan fingerprint density at radius 1 is 0.769 bits per heavy atom. The summed E-state index contributed by atoms with van der Waals surface area (Å²) in [5.74, 6) is 0.639. The lowest BCUT2D eigenvalue weighted by atomic mass is 9.82. The second kappa shape index (κ2) is 6.49. The van der Waals surface area contributed by atoms with E-state index in [0.29, 0.717) is 5.92 Å². The molecule has 1 aromatic heterocycles. The van der Waals surface area contributed by atoms with Gasteiger partial charge in [-0.15, -0.1) is 0 Å². The smallest absolute Gasteiger partial charge is 0.0488 e. The van der Waals surface area contributed by atoms with Crippen LogP contribution in [0.5, 0.6) is 0 Å². The molecule has 0 radical (unpaired) electrons. The SMILES string of the molecule is c1ccc(Cn2c3c(c4ccccc42)CC(c2ccccc2)CC3)cc1. The van der Waals surface area contributed by atoms with E-state index in [0.717, 1.165) is 19.4 Å². The van der Waals surface area contributed by atoms with E-state index < -0.39 is 0 Å². The minimum absolute atomic E-state index is 0.639. The largest absolute Gasteiger partial charge is 0.340 e. The maximum atomic E-state index is 2.56. The lowest BCUT2D eigenvalue weighted by Crippen LogP contribution is -2.15. The molecule has 1 aliphatic rings. The molecule has 0 bridgehead atoms. The predicted octanol–water partition coefficient (Wildman–Crippen LogP) is 5.96. The summed E-state index contributed by atoms with van der Waals surface area (Å²) in [5, 5.41) is 1.44. The van der Waals surface area contributed by atoms with Crippen LogP contribution in [0.25, 0.3) is 10.9 Å². The van der Waals surface area contributed by atoms with Gasteiger partial charge in [-0.1, -0.05) is 78.9 Å². The average Bonchev–Trinajstić information content (AvgIpc) is 3.03. The van der Waals surface area contributed by atoms with Crippen LogP contribution < -0.4 is 0 Å². The molecule has 0 saturated heterocycles. The third kappa shape index (κ3) is 2.64. The van der Waals surface area contributed by atoms with Gasteiger partial charge in [0.2, 0.25) is 0 Å². The van der Waals surface area contributed by atoms with Crippen LogP contribution in [0.15, 0.2) is 84.9 Å². The fourth-order valence-electron chi connectivity index (χ4n) is 4.56. The van der Waals surface area contributed by atoms with Crippen molar-refractivity contribution in [2.75, 3.05) is 0 Å². The highest BCUT2D eigenvalue weighted by Crippen LogP contribution is 2.38. The van der Waals surface area contributed by atoms with E-state index in [9.17, 15) is 0 Å². The third-order valence-electron chi connectivity index (χ3n) is 5.83. The first-order chi connectivity index (χ1) is 12.9. The van der Waals surface area contributed by atoms with Crippen LogP contribution in [0, 0.1) is 0 Å². The maximum absolute atomic E-state index is 2.56. The van der Waals surface area contributed by atoms with E-state index in [1.165, 1.54) is 28.5 Å². The molecular formula is C25H23N. The molecule has 0 N–H and O–H groups in total. The second-order valence-corrected chi connectivity index (χ2v) is 7.36. The van der Waals surface area contributed by atoms with Crippen LogP contribution in [0.3, 0.4) is 0 Å². The van der Waals surface area contributed by atoms with Gasteiger partial charge in [-0.25, -0.2) is 0 Å². The minimum Gasteiger partial charge on any atom is -0.340 e. The molecule has 1 aliphatic carbocycles. The van der Waals surface area contributed by atoms with Crippen molar-refractivity contribution in [3.8, 4) is 0 Å². The minimum atomic E-state index is 0.639. The van der Waals surface area contributed by atoms with Crippen LogP contribution >= 0.6 is 0 Å². The van der Waals surface area contributed by atoms with Gasteiger partial charge in [0.1, 0.15) is 0 Å². The van der Waals surface area contributed by atoms with Crippen LogP contribution in [0.4, 0.5) is 0 Å². The Hall–Kier alpha value is -2.80. The van der Waals surface area contributed by atoms with Gasteiger partial charge in [0.05, 0.1) is 0 Å². The molecule has 5 rings (SSSR count). The lowest BCUT2D eigenvalue weighted by molar-refractivity contribution is 0.562. The van der Waals surface area contributed by atoms with Crippen molar-refractivity contribution in [1.29, 1.82) is 0 Å². The molecular weight excluding hydrogens is 314 g/mol. The summed E-state index contributed by atoms with van der Waals surface area (Å²) in [5.41, 5.74) is 7.35. The highest BCUT2D eigenvalue weighted by Gasteiger charge is 2.26. The summed E-state index contributed by atoms with van der Waals surface area (Å²) in [6.45, 7) is 0.965. The second-order valence-electron chi connectivity index (χ2n) is 7.36. The Labute approximate surface area is 154 Å². The average molecular weight is 337 g/mol. The van der Waals surface area contributed by atoms with Gasteiger partial charge in [-0.3, -0.25) is 0 Å². The Balaban J connectivity index is 1.59. The molecule has 1 unspecified atom stereocenters. The van der Waals surface area contributed by atoms with Gasteiger partial charge in [-0.05, 0) is 47.9 Å². The molecule has 4 aromatic rings. The standard InChI is InChI=1S/C25H23N/c1-3-9-19(10-4-1)18-26-24-14-8-7-13-22(24)23-17-21(15-16-25(23)26)20-11-5-2-6-12-20/h1-14,21H,15-18H2. The summed E-state index contributed by atoms with van der Waals surface area (Å²) in [6, 6.07) is 30.8. The molecule has 1 atom stereocenters. The lowest BCUT2D eigenvalue weighted by Gasteiger charge is -2.24. The van der Waals surface area contributed by atoms with Crippen molar-refractivity contribution in [3.05, 3.63) is 107 Å². The third-order valence-corrected chi connectivity index (χ3v) is 5.83.